The zero-order chi connectivity index (χ0) is 12.0. The van der Waals surface area contributed by atoms with Crippen molar-refractivity contribution in [1.82, 2.24) is 4.98 Å². The van der Waals surface area contributed by atoms with Crippen molar-refractivity contribution < 1.29 is 0 Å². The van der Waals surface area contributed by atoms with E-state index in [4.69, 9.17) is 5.73 Å². The third kappa shape index (κ3) is 1.94. The molecular weight excluding hydrogens is 296 g/mol. The lowest BCUT2D eigenvalue weighted by atomic mass is 10.2. The molecule has 1 fully saturated rings. The SMILES string of the molecule is Cc1nc(-c2ccccc2Br)sc1C1(N)CC1. The van der Waals surface area contributed by atoms with Crippen molar-refractivity contribution in [3.63, 3.8) is 0 Å². The number of halogens is 1. The first-order valence-electron chi connectivity index (χ1n) is 5.62. The predicted octanol–water partition coefficient (Wildman–Crippen LogP) is 3.83. The van der Waals surface area contributed by atoms with Crippen molar-refractivity contribution in [3.05, 3.63) is 39.3 Å². The summed E-state index contributed by atoms with van der Waals surface area (Å²) in [4.78, 5) is 5.91. The van der Waals surface area contributed by atoms with E-state index in [0.29, 0.717) is 0 Å². The third-order valence-electron chi connectivity index (χ3n) is 3.14. The summed E-state index contributed by atoms with van der Waals surface area (Å²) in [7, 11) is 0. The molecule has 0 radical (unpaired) electrons. The summed E-state index contributed by atoms with van der Waals surface area (Å²) in [5, 5.41) is 1.06. The van der Waals surface area contributed by atoms with Gasteiger partial charge < -0.3 is 5.73 Å². The molecule has 2 N–H and O–H groups in total. The Morgan fingerprint density at radius 3 is 2.71 bits per heavy atom. The van der Waals surface area contributed by atoms with E-state index < -0.39 is 0 Å². The van der Waals surface area contributed by atoms with Crippen LogP contribution in [0.4, 0.5) is 0 Å². The molecule has 1 aromatic carbocycles. The van der Waals surface area contributed by atoms with Crippen LogP contribution in [0.5, 0.6) is 0 Å². The summed E-state index contributed by atoms with van der Waals surface area (Å²) in [6, 6.07) is 8.18. The minimum Gasteiger partial charge on any atom is -0.321 e. The Morgan fingerprint density at radius 2 is 2.06 bits per heavy atom. The van der Waals surface area contributed by atoms with Gasteiger partial charge in [0.25, 0.3) is 0 Å². The van der Waals surface area contributed by atoms with Crippen LogP contribution < -0.4 is 5.73 Å². The fourth-order valence-corrected chi connectivity index (χ4v) is 3.84. The van der Waals surface area contributed by atoms with E-state index in [0.717, 1.165) is 33.6 Å². The monoisotopic (exact) mass is 308 g/mol. The van der Waals surface area contributed by atoms with Crippen molar-refractivity contribution in [3.8, 4) is 10.6 Å². The van der Waals surface area contributed by atoms with E-state index in [1.165, 1.54) is 4.88 Å². The zero-order valence-corrected chi connectivity index (χ0v) is 11.9. The molecule has 0 spiro atoms. The second-order valence-corrected chi connectivity index (χ2v) is 6.42. The molecule has 0 saturated heterocycles. The van der Waals surface area contributed by atoms with E-state index >= 15 is 0 Å². The molecule has 0 amide bonds. The Hall–Kier alpha value is -0.710. The van der Waals surface area contributed by atoms with Crippen LogP contribution in [-0.2, 0) is 5.54 Å². The van der Waals surface area contributed by atoms with Crippen molar-refractivity contribution in [1.29, 1.82) is 0 Å². The smallest absolute Gasteiger partial charge is 0.125 e. The van der Waals surface area contributed by atoms with E-state index in [1.54, 1.807) is 11.3 Å². The highest BCUT2D eigenvalue weighted by atomic mass is 79.9. The van der Waals surface area contributed by atoms with Gasteiger partial charge in [-0.15, -0.1) is 11.3 Å². The molecule has 88 valence electrons. The number of nitrogens with zero attached hydrogens (tertiary/aromatic N) is 1. The summed E-state index contributed by atoms with van der Waals surface area (Å²) in [6.07, 6.45) is 2.18. The number of aromatic nitrogens is 1. The number of rotatable bonds is 2. The van der Waals surface area contributed by atoms with Crippen LogP contribution in [0.3, 0.4) is 0 Å². The molecule has 2 nitrogen and oxygen atoms in total. The van der Waals surface area contributed by atoms with Crippen molar-refractivity contribution in [2.24, 2.45) is 5.73 Å². The van der Waals surface area contributed by atoms with Crippen LogP contribution >= 0.6 is 27.3 Å². The molecular formula is C13H13BrN2S. The average molecular weight is 309 g/mol. The van der Waals surface area contributed by atoms with Gasteiger partial charge in [-0.3, -0.25) is 0 Å². The number of thiazole rings is 1. The summed E-state index contributed by atoms with van der Waals surface area (Å²) < 4.78 is 1.09. The van der Waals surface area contributed by atoms with Gasteiger partial charge in [0.1, 0.15) is 5.01 Å². The van der Waals surface area contributed by atoms with Crippen LogP contribution in [0.15, 0.2) is 28.7 Å². The van der Waals surface area contributed by atoms with Gasteiger partial charge in [0.15, 0.2) is 0 Å². The van der Waals surface area contributed by atoms with Gasteiger partial charge in [0.05, 0.1) is 11.2 Å². The molecule has 1 aromatic heterocycles. The summed E-state index contributed by atoms with van der Waals surface area (Å²) >= 11 is 5.30. The van der Waals surface area contributed by atoms with Crippen LogP contribution in [0.25, 0.3) is 10.6 Å². The zero-order valence-electron chi connectivity index (χ0n) is 9.53. The normalized spacial score (nSPS) is 17.1. The lowest BCUT2D eigenvalue weighted by Gasteiger charge is -2.04. The topological polar surface area (TPSA) is 38.9 Å². The Balaban J connectivity index is 2.08. The number of nitrogens with two attached hydrogens (primary N) is 1. The number of hydrogen-bond acceptors (Lipinski definition) is 3. The molecule has 1 saturated carbocycles. The van der Waals surface area contributed by atoms with Gasteiger partial charge in [-0.05, 0) is 25.8 Å². The van der Waals surface area contributed by atoms with Gasteiger partial charge in [0, 0.05) is 14.9 Å². The first-order valence-corrected chi connectivity index (χ1v) is 7.23. The lowest BCUT2D eigenvalue weighted by molar-refractivity contribution is 0.748. The molecule has 0 unspecified atom stereocenters. The highest BCUT2D eigenvalue weighted by Gasteiger charge is 2.43. The maximum Gasteiger partial charge on any atom is 0.125 e. The lowest BCUT2D eigenvalue weighted by Crippen LogP contribution is -2.18. The molecule has 4 heteroatoms. The van der Waals surface area contributed by atoms with Gasteiger partial charge >= 0.3 is 0 Å². The number of hydrogen-bond donors (Lipinski definition) is 1. The van der Waals surface area contributed by atoms with Crippen molar-refractivity contribution >= 4 is 27.3 Å². The minimum absolute atomic E-state index is 0.0821. The molecule has 3 rings (SSSR count). The second kappa shape index (κ2) is 3.90. The van der Waals surface area contributed by atoms with Crippen LogP contribution in [0.2, 0.25) is 0 Å². The van der Waals surface area contributed by atoms with Crippen molar-refractivity contribution in [2.45, 2.75) is 25.3 Å². The number of benzene rings is 1. The van der Waals surface area contributed by atoms with E-state index in [2.05, 4.69) is 33.9 Å². The Bertz CT molecular complexity index is 573. The fourth-order valence-electron chi connectivity index (χ4n) is 1.97. The minimum atomic E-state index is -0.0821. The average Bonchev–Trinajstić information content (AvgIpc) is 2.91. The molecule has 1 heterocycles. The van der Waals surface area contributed by atoms with Crippen LogP contribution in [-0.4, -0.2) is 4.98 Å². The van der Waals surface area contributed by atoms with Crippen LogP contribution in [0.1, 0.15) is 23.4 Å². The molecule has 0 atom stereocenters. The fraction of sp³-hybridized carbons (Fsp3) is 0.308. The summed E-state index contributed by atoms with van der Waals surface area (Å²) in [5.41, 5.74) is 8.41. The molecule has 0 aliphatic heterocycles. The standard InChI is InChI=1S/C13H13BrN2S/c1-8-11(13(15)6-7-13)17-12(16-8)9-4-2-3-5-10(9)14/h2-5H,6-7,15H2,1H3. The van der Waals surface area contributed by atoms with E-state index in [-0.39, 0.29) is 5.54 Å². The second-order valence-electron chi connectivity index (χ2n) is 4.57. The van der Waals surface area contributed by atoms with Gasteiger partial charge in [-0.25, -0.2) is 4.98 Å². The molecule has 1 aliphatic carbocycles. The Kier molecular flexibility index (Phi) is 2.61. The maximum atomic E-state index is 6.26. The van der Waals surface area contributed by atoms with E-state index in [1.807, 2.05) is 18.2 Å². The highest BCUT2D eigenvalue weighted by Crippen LogP contribution is 2.48. The summed E-state index contributed by atoms with van der Waals surface area (Å²) in [5.74, 6) is 0. The summed E-state index contributed by atoms with van der Waals surface area (Å²) in [6.45, 7) is 2.05. The van der Waals surface area contributed by atoms with Gasteiger partial charge in [-0.1, -0.05) is 34.1 Å². The first kappa shape index (κ1) is 11.4. The maximum absolute atomic E-state index is 6.26. The highest BCUT2D eigenvalue weighted by molar-refractivity contribution is 9.10. The molecule has 17 heavy (non-hydrogen) atoms. The third-order valence-corrected chi connectivity index (χ3v) is 5.24. The number of aryl methyl sites for hydroxylation is 1. The van der Waals surface area contributed by atoms with Crippen molar-refractivity contribution in [2.75, 3.05) is 0 Å². The van der Waals surface area contributed by atoms with Crippen LogP contribution in [0, 0.1) is 6.92 Å². The quantitative estimate of drug-likeness (QED) is 0.915. The molecule has 0 bridgehead atoms. The van der Waals surface area contributed by atoms with Gasteiger partial charge in [0.2, 0.25) is 0 Å². The largest absolute Gasteiger partial charge is 0.321 e. The predicted molar refractivity (Wildman–Crippen MR) is 75.1 cm³/mol. The van der Waals surface area contributed by atoms with E-state index in [9.17, 15) is 0 Å². The van der Waals surface area contributed by atoms with Gasteiger partial charge in [-0.2, -0.15) is 0 Å². The Labute approximate surface area is 113 Å². The molecule has 1 aliphatic rings. The first-order chi connectivity index (χ1) is 8.10. The molecule has 2 aromatic rings. The Morgan fingerprint density at radius 1 is 1.35 bits per heavy atom.